The van der Waals surface area contributed by atoms with E-state index in [-0.39, 0.29) is 12.6 Å². The molecule has 0 radical (unpaired) electrons. The third-order valence-corrected chi connectivity index (χ3v) is 2.48. The Bertz CT molecular complexity index is 317. The van der Waals surface area contributed by atoms with E-state index in [0.29, 0.717) is 18.2 Å². The molecule has 1 heterocycles. The first-order valence-electron chi connectivity index (χ1n) is 5.48. The number of hydrogen-bond donors (Lipinski definition) is 4. The largest absolute Gasteiger partial charge is 0.396 e. The zero-order valence-corrected chi connectivity index (χ0v) is 9.77. The van der Waals surface area contributed by atoms with Crippen molar-refractivity contribution in [1.29, 1.82) is 0 Å². The lowest BCUT2D eigenvalue weighted by Crippen LogP contribution is -2.27. The average molecular weight is 224 g/mol. The van der Waals surface area contributed by atoms with E-state index in [1.165, 1.54) is 0 Å². The summed E-state index contributed by atoms with van der Waals surface area (Å²) in [5.41, 5.74) is 2.50. The van der Waals surface area contributed by atoms with E-state index in [1.807, 2.05) is 12.1 Å². The summed E-state index contributed by atoms with van der Waals surface area (Å²) in [6.07, 6.45) is 0.708. The van der Waals surface area contributed by atoms with Crippen molar-refractivity contribution in [3.8, 4) is 0 Å². The second-order valence-electron chi connectivity index (χ2n) is 4.06. The highest BCUT2D eigenvalue weighted by Crippen LogP contribution is 2.14. The summed E-state index contributed by atoms with van der Waals surface area (Å²) in [6, 6.07) is 5.77. The summed E-state index contributed by atoms with van der Waals surface area (Å²) in [5.74, 6) is 7.11. The summed E-state index contributed by atoms with van der Waals surface area (Å²) in [6.45, 7) is 4.39. The Kier molecular flexibility index (Phi) is 5.01. The van der Waals surface area contributed by atoms with Crippen LogP contribution in [0, 0.1) is 5.92 Å². The van der Waals surface area contributed by atoms with E-state index < -0.39 is 0 Å². The number of nitrogens with two attached hydrogens (primary N) is 1. The molecule has 1 aromatic rings. The third-order valence-electron chi connectivity index (χ3n) is 2.48. The molecule has 1 rings (SSSR count). The van der Waals surface area contributed by atoms with Crippen LogP contribution in [0.1, 0.15) is 20.3 Å². The molecule has 0 fully saturated rings. The average Bonchev–Trinajstić information content (AvgIpc) is 2.28. The molecule has 0 amide bonds. The van der Waals surface area contributed by atoms with Crippen molar-refractivity contribution < 1.29 is 5.11 Å². The molecule has 0 aliphatic carbocycles. The SMILES string of the molecule is CC(C)C(CCO)Nc1cccc(NN)n1. The molecule has 1 unspecified atom stereocenters. The van der Waals surface area contributed by atoms with Gasteiger partial charge in [-0.05, 0) is 24.5 Å². The Hall–Kier alpha value is -1.33. The highest BCUT2D eigenvalue weighted by molar-refractivity contribution is 5.44. The van der Waals surface area contributed by atoms with E-state index in [0.717, 1.165) is 5.82 Å². The Balaban J connectivity index is 2.68. The molecule has 0 bridgehead atoms. The van der Waals surface area contributed by atoms with Gasteiger partial charge in [0.25, 0.3) is 0 Å². The van der Waals surface area contributed by atoms with Crippen LogP contribution in [-0.2, 0) is 0 Å². The Morgan fingerprint density at radius 3 is 2.62 bits per heavy atom. The van der Waals surface area contributed by atoms with Gasteiger partial charge in [-0.1, -0.05) is 19.9 Å². The highest BCUT2D eigenvalue weighted by Gasteiger charge is 2.12. The lowest BCUT2D eigenvalue weighted by molar-refractivity contribution is 0.267. The summed E-state index contributed by atoms with van der Waals surface area (Å²) in [4.78, 5) is 4.27. The number of nitrogen functional groups attached to an aromatic ring is 1. The number of aromatic nitrogens is 1. The number of aliphatic hydroxyl groups is 1. The fourth-order valence-electron chi connectivity index (χ4n) is 1.50. The zero-order valence-electron chi connectivity index (χ0n) is 9.77. The van der Waals surface area contributed by atoms with Gasteiger partial charge in [-0.2, -0.15) is 0 Å². The number of nitrogens with zero attached hydrogens (tertiary/aromatic N) is 1. The number of anilines is 2. The zero-order chi connectivity index (χ0) is 12.0. The molecule has 1 aromatic heterocycles. The normalized spacial score (nSPS) is 12.6. The van der Waals surface area contributed by atoms with Crippen LogP contribution in [0.15, 0.2) is 18.2 Å². The third kappa shape index (κ3) is 3.67. The van der Waals surface area contributed by atoms with E-state index in [4.69, 9.17) is 10.9 Å². The van der Waals surface area contributed by atoms with Crippen LogP contribution in [0.5, 0.6) is 0 Å². The number of hydrogen-bond acceptors (Lipinski definition) is 5. The molecular formula is C11H20N4O. The van der Waals surface area contributed by atoms with Gasteiger partial charge in [0, 0.05) is 12.6 Å². The molecule has 5 heteroatoms. The minimum absolute atomic E-state index is 0.171. The van der Waals surface area contributed by atoms with Gasteiger partial charge in [-0.15, -0.1) is 0 Å². The Labute approximate surface area is 96.0 Å². The Morgan fingerprint density at radius 1 is 1.38 bits per heavy atom. The predicted octanol–water partition coefficient (Wildman–Crippen LogP) is 1.19. The van der Waals surface area contributed by atoms with Gasteiger partial charge in [-0.25, -0.2) is 10.8 Å². The summed E-state index contributed by atoms with van der Waals surface area (Å²) in [5, 5.41) is 12.3. The molecule has 0 aliphatic heterocycles. The second-order valence-corrected chi connectivity index (χ2v) is 4.06. The van der Waals surface area contributed by atoms with Crippen LogP contribution < -0.4 is 16.6 Å². The smallest absolute Gasteiger partial charge is 0.142 e. The van der Waals surface area contributed by atoms with Crippen molar-refractivity contribution in [1.82, 2.24) is 4.98 Å². The van der Waals surface area contributed by atoms with Crippen LogP contribution in [0.2, 0.25) is 0 Å². The molecule has 0 aromatic carbocycles. The van der Waals surface area contributed by atoms with Gasteiger partial charge in [0.05, 0.1) is 0 Å². The lowest BCUT2D eigenvalue weighted by Gasteiger charge is -2.22. The van der Waals surface area contributed by atoms with Crippen molar-refractivity contribution in [2.24, 2.45) is 11.8 Å². The minimum atomic E-state index is 0.171. The summed E-state index contributed by atoms with van der Waals surface area (Å²) < 4.78 is 0. The van der Waals surface area contributed by atoms with E-state index in [2.05, 4.69) is 29.6 Å². The number of aliphatic hydroxyl groups excluding tert-OH is 1. The van der Waals surface area contributed by atoms with Crippen LogP contribution in [0.4, 0.5) is 11.6 Å². The molecule has 0 saturated carbocycles. The Morgan fingerprint density at radius 2 is 2.06 bits per heavy atom. The van der Waals surface area contributed by atoms with E-state index >= 15 is 0 Å². The maximum atomic E-state index is 8.97. The van der Waals surface area contributed by atoms with Gasteiger partial charge in [0.2, 0.25) is 0 Å². The highest BCUT2D eigenvalue weighted by atomic mass is 16.3. The maximum absolute atomic E-state index is 8.97. The molecule has 1 atom stereocenters. The quantitative estimate of drug-likeness (QED) is 0.431. The summed E-state index contributed by atoms with van der Waals surface area (Å²) >= 11 is 0. The minimum Gasteiger partial charge on any atom is -0.396 e. The van der Waals surface area contributed by atoms with Gasteiger partial charge in [0.1, 0.15) is 11.6 Å². The molecule has 90 valence electrons. The van der Waals surface area contributed by atoms with Crippen LogP contribution in [-0.4, -0.2) is 22.7 Å². The fraction of sp³-hybridized carbons (Fsp3) is 0.545. The van der Waals surface area contributed by atoms with Crippen molar-refractivity contribution >= 4 is 11.6 Å². The number of hydrazine groups is 1. The van der Waals surface area contributed by atoms with Crippen molar-refractivity contribution in [2.45, 2.75) is 26.3 Å². The molecule has 0 aliphatic rings. The monoisotopic (exact) mass is 224 g/mol. The standard InChI is InChI=1S/C11H20N4O/c1-8(2)9(6-7-16)13-10-4-3-5-11(14-10)15-12/h3-5,8-9,16H,6-7,12H2,1-2H3,(H2,13,14,15). The van der Waals surface area contributed by atoms with Crippen molar-refractivity contribution in [3.63, 3.8) is 0 Å². The van der Waals surface area contributed by atoms with Crippen LogP contribution in [0.25, 0.3) is 0 Å². The van der Waals surface area contributed by atoms with Gasteiger partial charge >= 0.3 is 0 Å². The second kappa shape index (κ2) is 6.30. The lowest BCUT2D eigenvalue weighted by atomic mass is 10.0. The molecular weight excluding hydrogens is 204 g/mol. The fourth-order valence-corrected chi connectivity index (χ4v) is 1.50. The first-order valence-corrected chi connectivity index (χ1v) is 5.48. The predicted molar refractivity (Wildman–Crippen MR) is 66.0 cm³/mol. The van der Waals surface area contributed by atoms with Crippen molar-refractivity contribution in [2.75, 3.05) is 17.3 Å². The molecule has 0 spiro atoms. The maximum Gasteiger partial charge on any atom is 0.142 e. The van der Waals surface area contributed by atoms with E-state index in [9.17, 15) is 0 Å². The first-order chi connectivity index (χ1) is 7.67. The van der Waals surface area contributed by atoms with Gasteiger partial charge in [0.15, 0.2) is 0 Å². The number of pyridine rings is 1. The molecule has 16 heavy (non-hydrogen) atoms. The van der Waals surface area contributed by atoms with Gasteiger partial charge < -0.3 is 15.8 Å². The molecule has 0 saturated heterocycles. The first kappa shape index (κ1) is 12.7. The van der Waals surface area contributed by atoms with Crippen LogP contribution in [0.3, 0.4) is 0 Å². The molecule has 5 nitrogen and oxygen atoms in total. The summed E-state index contributed by atoms with van der Waals surface area (Å²) in [7, 11) is 0. The molecule has 5 N–H and O–H groups in total. The number of rotatable bonds is 6. The number of nitrogens with one attached hydrogen (secondary N) is 2. The topological polar surface area (TPSA) is 83.2 Å². The van der Waals surface area contributed by atoms with E-state index in [1.54, 1.807) is 6.07 Å². The van der Waals surface area contributed by atoms with Gasteiger partial charge in [-0.3, -0.25) is 0 Å². The van der Waals surface area contributed by atoms with Crippen LogP contribution >= 0.6 is 0 Å². The van der Waals surface area contributed by atoms with Crippen molar-refractivity contribution in [3.05, 3.63) is 18.2 Å².